The molecule has 4 amide bonds. The number of thiol groups is 1. The number of hydrogen-bond acceptors (Lipinski definition) is 8. The first-order valence-electron chi connectivity index (χ1n) is 19.7. The molecular weight excluding hydrogens is 707 g/mol. The molecule has 0 spiro atoms. The van der Waals surface area contributed by atoms with Gasteiger partial charge in [-0.2, -0.15) is 0 Å². The lowest BCUT2D eigenvalue weighted by Gasteiger charge is -2.41. The van der Waals surface area contributed by atoms with Crippen molar-refractivity contribution in [3.63, 3.8) is 0 Å². The van der Waals surface area contributed by atoms with Crippen LogP contribution >= 0.6 is 11.1 Å². The molecule has 310 valence electrons. The Balaban J connectivity index is 2.27. The van der Waals surface area contributed by atoms with Crippen LogP contribution in [0.25, 0.3) is 0 Å². The summed E-state index contributed by atoms with van der Waals surface area (Å²) in [6, 6.07) is 6.75. The molecule has 10 atom stereocenters. The van der Waals surface area contributed by atoms with Crippen LogP contribution in [0.15, 0.2) is 30.3 Å². The van der Waals surface area contributed by atoms with E-state index in [9.17, 15) is 24.3 Å². The van der Waals surface area contributed by atoms with E-state index in [0.717, 1.165) is 12.8 Å². The first-order valence-corrected chi connectivity index (χ1v) is 21.9. The molecule has 0 unspecified atom stereocenters. The van der Waals surface area contributed by atoms with E-state index in [0.29, 0.717) is 18.5 Å². The molecule has 2 rings (SSSR count). The zero-order chi connectivity index (χ0) is 41.0. The summed E-state index contributed by atoms with van der Waals surface area (Å²) < 4.78 is 14.1. The highest BCUT2D eigenvalue weighted by Gasteiger charge is 2.43. The van der Waals surface area contributed by atoms with Crippen molar-refractivity contribution in [3.8, 4) is 0 Å². The lowest BCUT2D eigenvalue weighted by atomic mass is 9.89. The van der Waals surface area contributed by atoms with Gasteiger partial charge in [-0.1, -0.05) is 85.2 Å². The van der Waals surface area contributed by atoms with Crippen molar-refractivity contribution < 1.29 is 33.8 Å². The normalized spacial score (nSPS) is 20.1. The summed E-state index contributed by atoms with van der Waals surface area (Å²) >= 11 is -0.521. The van der Waals surface area contributed by atoms with Crippen LogP contribution in [0.3, 0.4) is 0 Å². The van der Waals surface area contributed by atoms with Crippen molar-refractivity contribution in [1.29, 1.82) is 0 Å². The molecule has 54 heavy (non-hydrogen) atoms. The third-order valence-electron chi connectivity index (χ3n) is 11.4. The van der Waals surface area contributed by atoms with Gasteiger partial charge < -0.3 is 35.0 Å². The third-order valence-corrected chi connectivity index (χ3v) is 12.9. The van der Waals surface area contributed by atoms with Gasteiger partial charge in [0.05, 0.1) is 54.8 Å². The molecule has 1 saturated heterocycles. The van der Waals surface area contributed by atoms with E-state index >= 15 is 0 Å². The number of aliphatic hydroxyl groups excluding tert-OH is 1. The van der Waals surface area contributed by atoms with Crippen LogP contribution in [0, 0.1) is 23.7 Å². The molecule has 0 saturated carbocycles. The molecule has 1 fully saturated rings. The number of benzene rings is 1. The molecule has 1 aromatic carbocycles. The van der Waals surface area contributed by atoms with Crippen LogP contribution in [0.1, 0.15) is 92.7 Å². The monoisotopic (exact) mass is 780 g/mol. The fourth-order valence-electron chi connectivity index (χ4n) is 7.80. The average Bonchev–Trinajstić information content (AvgIpc) is 3.62. The van der Waals surface area contributed by atoms with Crippen molar-refractivity contribution in [2.45, 2.75) is 130 Å². The molecule has 13 heteroatoms. The first kappa shape index (κ1) is 47.4. The molecule has 1 aliphatic heterocycles. The van der Waals surface area contributed by atoms with Gasteiger partial charge in [0.1, 0.15) is 6.04 Å². The van der Waals surface area contributed by atoms with Crippen LogP contribution in [0.4, 0.5) is 0 Å². The zero-order valence-corrected chi connectivity index (χ0v) is 36.4. The summed E-state index contributed by atoms with van der Waals surface area (Å²) in [5, 5.41) is 16.9. The van der Waals surface area contributed by atoms with Crippen LogP contribution in [0.2, 0.25) is 0 Å². The maximum atomic E-state index is 14.3. The van der Waals surface area contributed by atoms with E-state index in [2.05, 4.69) is 41.3 Å². The van der Waals surface area contributed by atoms with Crippen molar-refractivity contribution in [3.05, 3.63) is 35.9 Å². The summed E-state index contributed by atoms with van der Waals surface area (Å²) in [5.74, 6) is -1.52. The minimum atomic E-state index is -0.876. The maximum Gasteiger partial charge on any atom is 0.245 e. The third kappa shape index (κ3) is 12.1. The van der Waals surface area contributed by atoms with Gasteiger partial charge in [0.25, 0.3) is 0 Å². The van der Waals surface area contributed by atoms with Crippen molar-refractivity contribution >= 4 is 34.7 Å². The number of rotatable bonds is 21. The molecule has 1 aromatic rings. The molecule has 0 bridgehead atoms. The number of likely N-dealkylation sites (N-methyl/N-ethyl adjacent to an activating group) is 2. The molecule has 1 heterocycles. The number of aliphatic hydroxyl groups is 1. The van der Waals surface area contributed by atoms with Gasteiger partial charge in [0.15, 0.2) is 0 Å². The first-order chi connectivity index (χ1) is 25.3. The van der Waals surface area contributed by atoms with E-state index < -0.39 is 53.4 Å². The van der Waals surface area contributed by atoms with Gasteiger partial charge in [-0.25, -0.2) is 11.1 Å². The zero-order valence-electron chi connectivity index (χ0n) is 35.5. The van der Waals surface area contributed by atoms with Crippen molar-refractivity contribution in [2.24, 2.45) is 23.7 Å². The number of carbonyl (C=O) groups is 4. The van der Waals surface area contributed by atoms with E-state index in [1.54, 1.807) is 44.9 Å². The molecule has 12 nitrogen and oxygen atoms in total. The molecule has 0 aliphatic carbocycles. The topological polar surface area (TPSA) is 141 Å². The Kier molecular flexibility index (Phi) is 19.4. The molecule has 3 N–H and O–H groups in total. The fraction of sp³-hybridized carbons (Fsp3) is 0.756. The minimum absolute atomic E-state index is 0.0171. The second-order valence-corrected chi connectivity index (χ2v) is 18.4. The predicted molar refractivity (Wildman–Crippen MR) is 219 cm³/mol. The number of carbonyl (C=O) groups excluding carboxylic acids is 4. The number of nitrogens with zero attached hydrogens (tertiary/aromatic N) is 3. The number of methoxy groups -OCH3 is 2. The Morgan fingerprint density at radius 1 is 0.926 bits per heavy atom. The van der Waals surface area contributed by atoms with Gasteiger partial charge in [-0.15, -0.1) is 0 Å². The lowest BCUT2D eigenvalue weighted by molar-refractivity contribution is -0.148. The smallest absolute Gasteiger partial charge is 0.245 e. The lowest BCUT2D eigenvalue weighted by Crippen LogP contribution is -2.59. The van der Waals surface area contributed by atoms with Gasteiger partial charge in [0, 0.05) is 27.8 Å². The Morgan fingerprint density at radius 3 is 2.04 bits per heavy atom. The Morgan fingerprint density at radius 2 is 1.54 bits per heavy atom. The van der Waals surface area contributed by atoms with Crippen molar-refractivity contribution in [1.82, 2.24) is 24.7 Å². The van der Waals surface area contributed by atoms with Gasteiger partial charge in [-0.05, 0) is 62.6 Å². The van der Waals surface area contributed by atoms with E-state index in [1.165, 1.54) is 0 Å². The Hall–Kier alpha value is -2.71. The number of nitrogens with one attached hydrogen (secondary N) is 2. The van der Waals surface area contributed by atoms with Crippen LogP contribution < -0.4 is 10.6 Å². The highest BCUT2D eigenvalue weighted by atomic mass is 32.2. The molecule has 0 aromatic heterocycles. The quantitative estimate of drug-likeness (QED) is 0.135. The second-order valence-electron chi connectivity index (χ2n) is 16.1. The molecule has 0 radical (unpaired) electrons. The Labute approximate surface area is 328 Å². The van der Waals surface area contributed by atoms with Crippen molar-refractivity contribution in [2.75, 3.05) is 47.4 Å². The number of amides is 4. The Bertz CT molecular complexity index is 1330. The summed E-state index contributed by atoms with van der Waals surface area (Å²) in [6.07, 6.45) is 4.36. The van der Waals surface area contributed by atoms with Gasteiger partial charge in [-0.3, -0.25) is 23.5 Å². The molecular formula is C41H73N5O7S. The summed E-state index contributed by atoms with van der Waals surface area (Å²) in [6.45, 7) is 16.1. The summed E-state index contributed by atoms with van der Waals surface area (Å²) in [4.78, 5) is 59.2. The standard InChI is InChI=1S/C41H73N5O7S/c1-15-27(6)36(44(9)41(51)34(25(2)3)43-40(50)35(26(4)5)45(10)54(13)14)32(52-11)24-33(47)46-23-19-22-31(46)38(53-12)28(7)39(49)42-29(8)37(48)30-20-17-16-18-21-30/h16-18,20-21,25-29,31-32,34-38,48,54H,15,19,22-24H2,1-14H3,(H,42,49)(H,43,50)/t27-,28+,29+,31-,32+,34-,35-,36-,37+,38+/m0/s1. The average molecular weight is 780 g/mol. The van der Waals surface area contributed by atoms with E-state index in [1.807, 2.05) is 65.1 Å². The summed E-state index contributed by atoms with van der Waals surface area (Å²) in [5.41, 5.74) is 0.712. The second kappa shape index (κ2) is 22.1. The van der Waals surface area contributed by atoms with E-state index in [-0.39, 0.29) is 59.9 Å². The number of likely N-dealkylation sites (tertiary alicyclic amines) is 1. The van der Waals surface area contributed by atoms with E-state index in [4.69, 9.17) is 9.47 Å². The largest absolute Gasteiger partial charge is 0.386 e. The SMILES string of the molecule is CC[C@H](C)[C@@H]([C@@H](CC(=O)N1CCC[C@H]1[C@H](OC)[C@@H](C)C(=O)N[C@H](C)[C@@H](O)c1ccccc1)OC)N(C)C(=O)[C@@H](NC(=O)[C@H](C(C)C)N(C)[SH](C)C)C(C)C. The maximum absolute atomic E-state index is 14.3. The predicted octanol–water partition coefficient (Wildman–Crippen LogP) is 4.42. The highest BCUT2D eigenvalue weighted by Crippen LogP contribution is 2.31. The van der Waals surface area contributed by atoms with Crippen LogP contribution in [0.5, 0.6) is 0 Å². The van der Waals surface area contributed by atoms with Crippen LogP contribution in [-0.4, -0.2) is 133 Å². The fourth-order valence-corrected chi connectivity index (χ4v) is 8.67. The highest BCUT2D eigenvalue weighted by molar-refractivity contribution is 8.13. The summed E-state index contributed by atoms with van der Waals surface area (Å²) in [7, 11) is 6.84. The van der Waals surface area contributed by atoms with Crippen LogP contribution in [-0.2, 0) is 28.7 Å². The number of hydrogen-bond donors (Lipinski definition) is 4. The van der Waals surface area contributed by atoms with Gasteiger partial charge >= 0.3 is 0 Å². The number of ether oxygens (including phenoxy) is 2. The van der Waals surface area contributed by atoms with Gasteiger partial charge in [0.2, 0.25) is 23.6 Å². The molecule has 1 aliphatic rings. The minimum Gasteiger partial charge on any atom is -0.386 e.